The van der Waals surface area contributed by atoms with Gasteiger partial charge < -0.3 is 36.2 Å². The lowest BCUT2D eigenvalue weighted by Gasteiger charge is -2.40. The molecule has 0 heterocycles. The number of nitrogens with zero attached hydrogens (tertiary/aromatic N) is 2. The maximum absolute atomic E-state index is 5.65. The van der Waals surface area contributed by atoms with E-state index in [0.29, 0.717) is 11.4 Å². The van der Waals surface area contributed by atoms with Crippen molar-refractivity contribution in [3.05, 3.63) is 24.3 Å². The molecular weight excluding hydrogens is 576 g/mol. The van der Waals surface area contributed by atoms with Gasteiger partial charge in [-0.2, -0.15) is 0 Å². The van der Waals surface area contributed by atoms with Crippen LogP contribution in [0.2, 0.25) is 0 Å². The molecule has 0 saturated heterocycles. The van der Waals surface area contributed by atoms with Crippen molar-refractivity contribution in [2.45, 2.75) is 0 Å². The van der Waals surface area contributed by atoms with Crippen LogP contribution in [-0.2, 0) is 83.4 Å². The third kappa shape index (κ3) is 6.26. The van der Waals surface area contributed by atoms with Gasteiger partial charge in [0.05, 0.1) is 11.4 Å². The Hall–Kier alpha value is 1.10. The maximum atomic E-state index is 5.65. The standard InChI is InChI=1S/C14H28N2O8P4S4/c1-17-25(29,18-2)15(26(30,19-3)20-4)13-9-11-14(12-10-13)16(27(31,21-5)22-6)28(32,23-7)24-8/h9-12H,1-8H3. The Balaban J connectivity index is 3.74. The summed E-state index contributed by atoms with van der Waals surface area (Å²) in [6.45, 7) is -12.3. The zero-order valence-corrected chi connectivity index (χ0v) is 25.7. The minimum Gasteiger partial charge on any atom is -0.317 e. The Kier molecular flexibility index (Phi) is 12.5. The second kappa shape index (κ2) is 12.9. The van der Waals surface area contributed by atoms with Gasteiger partial charge in [0.25, 0.3) is 26.6 Å². The van der Waals surface area contributed by atoms with E-state index >= 15 is 0 Å². The maximum Gasteiger partial charge on any atom is 0.296 e. The fourth-order valence-corrected chi connectivity index (χ4v) is 15.3. The molecular formula is C14H28N2O8P4S4. The molecule has 0 bridgehead atoms. The lowest BCUT2D eigenvalue weighted by Crippen LogP contribution is -2.21. The molecule has 0 N–H and O–H groups in total. The van der Waals surface area contributed by atoms with Gasteiger partial charge in [-0.15, -0.1) is 0 Å². The summed E-state index contributed by atoms with van der Waals surface area (Å²) < 4.78 is 47.3. The minimum atomic E-state index is -3.07. The van der Waals surface area contributed by atoms with Crippen LogP contribution in [0.15, 0.2) is 24.3 Å². The quantitative estimate of drug-likeness (QED) is 0.255. The summed E-state index contributed by atoms with van der Waals surface area (Å²) in [6.07, 6.45) is 0. The van der Waals surface area contributed by atoms with E-state index in [2.05, 4.69) is 0 Å². The van der Waals surface area contributed by atoms with Crippen LogP contribution in [0, 0.1) is 0 Å². The third-order valence-electron chi connectivity index (χ3n) is 4.09. The van der Waals surface area contributed by atoms with Crippen LogP contribution in [0.3, 0.4) is 0 Å². The first kappa shape index (κ1) is 31.1. The van der Waals surface area contributed by atoms with E-state index in [1.807, 2.05) is 0 Å². The largest absolute Gasteiger partial charge is 0.317 e. The molecule has 0 unspecified atom stereocenters. The number of hydrogen-bond donors (Lipinski definition) is 0. The molecule has 0 aliphatic carbocycles. The van der Waals surface area contributed by atoms with E-state index in [0.717, 1.165) is 0 Å². The van der Waals surface area contributed by atoms with Crippen LogP contribution in [0.25, 0.3) is 0 Å². The molecule has 1 rings (SSSR count). The monoisotopic (exact) mass is 604 g/mol. The van der Waals surface area contributed by atoms with Crippen molar-refractivity contribution in [1.29, 1.82) is 0 Å². The van der Waals surface area contributed by atoms with E-state index in [9.17, 15) is 0 Å². The first-order chi connectivity index (χ1) is 14.9. The summed E-state index contributed by atoms with van der Waals surface area (Å²) in [6, 6.07) is 6.93. The fraction of sp³-hybridized carbons (Fsp3) is 0.571. The number of anilines is 2. The van der Waals surface area contributed by atoms with Crippen molar-refractivity contribution >= 4 is 85.2 Å². The van der Waals surface area contributed by atoms with Crippen LogP contribution in [-0.4, -0.2) is 56.9 Å². The topological polar surface area (TPSA) is 80.3 Å². The highest BCUT2D eigenvalue weighted by Crippen LogP contribution is 2.71. The molecule has 0 aliphatic rings. The fourth-order valence-electron chi connectivity index (χ4n) is 2.47. The van der Waals surface area contributed by atoms with Crippen molar-refractivity contribution < 1.29 is 36.2 Å². The summed E-state index contributed by atoms with van der Waals surface area (Å²) in [5.74, 6) is 0. The van der Waals surface area contributed by atoms with Crippen LogP contribution in [0.4, 0.5) is 11.4 Å². The van der Waals surface area contributed by atoms with Gasteiger partial charge in [-0.3, -0.25) is 0 Å². The Morgan fingerprint density at radius 1 is 0.438 bits per heavy atom. The Morgan fingerprint density at radius 2 is 0.594 bits per heavy atom. The Labute approximate surface area is 210 Å². The van der Waals surface area contributed by atoms with Crippen LogP contribution in [0.5, 0.6) is 0 Å². The second-order valence-electron chi connectivity index (χ2n) is 5.43. The molecule has 1 aromatic rings. The van der Waals surface area contributed by atoms with Gasteiger partial charge in [-0.05, 0) is 71.5 Å². The summed E-state index contributed by atoms with van der Waals surface area (Å²) in [5.41, 5.74) is 1.11. The molecule has 0 saturated carbocycles. The molecule has 0 aromatic heterocycles. The first-order valence-electron chi connectivity index (χ1n) is 8.53. The molecule has 10 nitrogen and oxygen atoms in total. The smallest absolute Gasteiger partial charge is 0.296 e. The predicted molar refractivity (Wildman–Crippen MR) is 145 cm³/mol. The summed E-state index contributed by atoms with van der Waals surface area (Å²) in [4.78, 5) is 0. The zero-order chi connectivity index (χ0) is 24.8. The van der Waals surface area contributed by atoms with Crippen LogP contribution < -0.4 is 8.88 Å². The number of rotatable bonds is 14. The Bertz CT molecular complexity index is 794. The second-order valence-corrected chi connectivity index (χ2v) is 19.9. The molecule has 0 aliphatic heterocycles. The average molecular weight is 605 g/mol. The van der Waals surface area contributed by atoms with Gasteiger partial charge in [-0.25, -0.2) is 8.88 Å². The molecule has 186 valence electrons. The SMILES string of the molecule is COP(=S)(OC)N(c1ccc(N(P(=S)(OC)OC)P(=S)(OC)OC)cc1)P(=S)(OC)OC. The molecule has 0 amide bonds. The van der Waals surface area contributed by atoms with Crippen molar-refractivity contribution in [1.82, 2.24) is 0 Å². The molecule has 0 fully saturated rings. The summed E-state index contributed by atoms with van der Waals surface area (Å²) in [7, 11) is 11.5. The van der Waals surface area contributed by atoms with E-state index in [-0.39, 0.29) is 0 Å². The van der Waals surface area contributed by atoms with Gasteiger partial charge in [0.2, 0.25) is 0 Å². The van der Waals surface area contributed by atoms with Crippen LogP contribution in [0.1, 0.15) is 0 Å². The van der Waals surface area contributed by atoms with E-state index in [1.54, 1.807) is 33.1 Å². The lowest BCUT2D eigenvalue weighted by atomic mass is 10.3. The molecule has 0 spiro atoms. The normalized spacial score (nSPS) is 13.2. The summed E-state index contributed by atoms with van der Waals surface area (Å²) >= 11 is 22.6. The number of benzene rings is 1. The van der Waals surface area contributed by atoms with E-state index in [4.69, 9.17) is 83.4 Å². The van der Waals surface area contributed by atoms with Crippen molar-refractivity contribution in [2.24, 2.45) is 0 Å². The molecule has 0 radical (unpaired) electrons. The van der Waals surface area contributed by atoms with Gasteiger partial charge in [0, 0.05) is 56.9 Å². The van der Waals surface area contributed by atoms with Gasteiger partial charge in [-0.1, -0.05) is 0 Å². The number of hydrogen-bond acceptors (Lipinski definition) is 12. The average Bonchev–Trinajstić information content (AvgIpc) is 2.84. The molecule has 1 aromatic carbocycles. The lowest BCUT2D eigenvalue weighted by molar-refractivity contribution is 0.318. The highest BCUT2D eigenvalue weighted by molar-refractivity contribution is 8.21. The predicted octanol–water partition coefficient (Wildman–Crippen LogP) is 5.37. The van der Waals surface area contributed by atoms with E-state index < -0.39 is 26.6 Å². The first-order valence-corrected chi connectivity index (χ1v) is 18.9. The molecule has 18 heteroatoms. The van der Waals surface area contributed by atoms with Crippen molar-refractivity contribution in [2.75, 3.05) is 65.8 Å². The summed E-state index contributed by atoms with van der Waals surface area (Å²) in [5, 5.41) is 0. The van der Waals surface area contributed by atoms with Crippen molar-refractivity contribution in [3.8, 4) is 0 Å². The van der Waals surface area contributed by atoms with Crippen molar-refractivity contribution in [3.63, 3.8) is 0 Å². The van der Waals surface area contributed by atoms with Gasteiger partial charge in [0.15, 0.2) is 0 Å². The minimum absolute atomic E-state index is 0.555. The highest BCUT2D eigenvalue weighted by atomic mass is 32.5. The Morgan fingerprint density at radius 3 is 0.719 bits per heavy atom. The van der Waals surface area contributed by atoms with Gasteiger partial charge >= 0.3 is 0 Å². The van der Waals surface area contributed by atoms with Crippen LogP contribution >= 0.6 is 26.6 Å². The highest BCUT2D eigenvalue weighted by Gasteiger charge is 2.42. The molecule has 0 atom stereocenters. The van der Waals surface area contributed by atoms with Gasteiger partial charge in [0.1, 0.15) is 0 Å². The zero-order valence-electron chi connectivity index (χ0n) is 18.9. The third-order valence-corrected chi connectivity index (χ3v) is 20.4. The van der Waals surface area contributed by atoms with E-state index in [1.165, 1.54) is 56.9 Å². The molecule has 32 heavy (non-hydrogen) atoms.